The molecule has 0 fully saturated rings. The highest BCUT2D eigenvalue weighted by Crippen LogP contribution is 2.25. The number of aromatic nitrogens is 1. The highest BCUT2D eigenvalue weighted by atomic mass is 79.9. The average Bonchev–Trinajstić information content (AvgIpc) is 2.39. The van der Waals surface area contributed by atoms with Gasteiger partial charge in [0, 0.05) is 22.9 Å². The molecule has 0 spiro atoms. The van der Waals surface area contributed by atoms with Gasteiger partial charge in [0.1, 0.15) is 0 Å². The van der Waals surface area contributed by atoms with E-state index < -0.39 is 0 Å². The van der Waals surface area contributed by atoms with E-state index in [1.165, 1.54) is 5.56 Å². The van der Waals surface area contributed by atoms with Crippen molar-refractivity contribution in [1.29, 1.82) is 0 Å². The van der Waals surface area contributed by atoms with E-state index in [-0.39, 0.29) is 6.04 Å². The first-order chi connectivity index (χ1) is 8.70. The summed E-state index contributed by atoms with van der Waals surface area (Å²) in [5.74, 6) is 0. The second-order valence-electron chi connectivity index (χ2n) is 4.07. The normalized spacial score (nSPS) is 12.4. The summed E-state index contributed by atoms with van der Waals surface area (Å²) >= 11 is 9.62. The molecule has 2 nitrogen and oxygen atoms in total. The molecule has 18 heavy (non-hydrogen) atoms. The molecule has 0 amide bonds. The second kappa shape index (κ2) is 6.32. The lowest BCUT2D eigenvalue weighted by Crippen LogP contribution is -2.19. The van der Waals surface area contributed by atoms with Crippen molar-refractivity contribution in [2.24, 2.45) is 0 Å². The van der Waals surface area contributed by atoms with Crippen LogP contribution in [-0.2, 0) is 6.42 Å². The van der Waals surface area contributed by atoms with Crippen LogP contribution in [0.1, 0.15) is 17.2 Å². The fourth-order valence-electron chi connectivity index (χ4n) is 1.89. The van der Waals surface area contributed by atoms with Crippen molar-refractivity contribution in [3.8, 4) is 0 Å². The van der Waals surface area contributed by atoms with E-state index in [9.17, 15) is 0 Å². The maximum Gasteiger partial charge on any atom is 0.0637 e. The van der Waals surface area contributed by atoms with Crippen molar-refractivity contribution >= 4 is 27.5 Å². The van der Waals surface area contributed by atoms with Crippen LogP contribution < -0.4 is 5.32 Å². The zero-order valence-corrected chi connectivity index (χ0v) is 12.4. The summed E-state index contributed by atoms with van der Waals surface area (Å²) in [6, 6.07) is 10.5. The van der Waals surface area contributed by atoms with E-state index in [4.69, 9.17) is 11.6 Å². The van der Waals surface area contributed by atoms with E-state index in [1.807, 2.05) is 13.1 Å². The molecule has 0 aliphatic rings. The minimum Gasteiger partial charge on any atom is -0.313 e. The highest BCUT2D eigenvalue weighted by molar-refractivity contribution is 9.10. The van der Waals surface area contributed by atoms with Gasteiger partial charge in [-0.05, 0) is 42.8 Å². The number of hydrogen-bond donors (Lipinski definition) is 1. The van der Waals surface area contributed by atoms with Crippen LogP contribution in [0.15, 0.2) is 47.2 Å². The first kappa shape index (κ1) is 13.5. The predicted octanol–water partition coefficient (Wildman–Crippen LogP) is 4.00. The topological polar surface area (TPSA) is 24.9 Å². The Hall–Kier alpha value is -0.900. The van der Waals surface area contributed by atoms with E-state index in [0.29, 0.717) is 5.02 Å². The fraction of sp³-hybridized carbons (Fsp3) is 0.214. The average molecular weight is 326 g/mol. The molecule has 1 aromatic carbocycles. The van der Waals surface area contributed by atoms with Gasteiger partial charge in [-0.15, -0.1) is 0 Å². The number of pyridine rings is 1. The van der Waals surface area contributed by atoms with Crippen LogP contribution >= 0.6 is 27.5 Å². The summed E-state index contributed by atoms with van der Waals surface area (Å²) in [5, 5.41) is 4.00. The third-order valence-electron chi connectivity index (χ3n) is 2.88. The summed E-state index contributed by atoms with van der Waals surface area (Å²) < 4.78 is 1.09. The number of likely N-dealkylation sites (N-methyl/N-ethyl adjacent to an activating group) is 1. The second-order valence-corrected chi connectivity index (χ2v) is 5.39. The van der Waals surface area contributed by atoms with Crippen LogP contribution in [0.5, 0.6) is 0 Å². The maximum atomic E-state index is 6.18. The Bertz CT molecular complexity index is 513. The number of nitrogens with one attached hydrogen (secondary N) is 1. The van der Waals surface area contributed by atoms with Gasteiger partial charge in [-0.2, -0.15) is 0 Å². The molecule has 0 aliphatic carbocycles. The maximum absolute atomic E-state index is 6.18. The van der Waals surface area contributed by atoms with Crippen LogP contribution in [0.3, 0.4) is 0 Å². The molecule has 0 saturated carbocycles. The highest BCUT2D eigenvalue weighted by Gasteiger charge is 2.13. The quantitative estimate of drug-likeness (QED) is 0.919. The zero-order chi connectivity index (χ0) is 13.0. The molecule has 1 atom stereocenters. The molecule has 1 heterocycles. The smallest absolute Gasteiger partial charge is 0.0637 e. The van der Waals surface area contributed by atoms with Gasteiger partial charge in [0.05, 0.1) is 5.02 Å². The molecule has 1 aromatic heterocycles. The van der Waals surface area contributed by atoms with Crippen LogP contribution in [-0.4, -0.2) is 12.0 Å². The standard InChI is InChI=1S/C14H14BrClN2/c1-17-14(12-6-7-18-9-13(12)16)8-10-2-4-11(15)5-3-10/h2-7,9,14,17H,8H2,1H3. The molecule has 0 aliphatic heterocycles. The first-order valence-corrected chi connectivity index (χ1v) is 6.89. The van der Waals surface area contributed by atoms with Crippen LogP contribution in [0, 0.1) is 0 Å². The van der Waals surface area contributed by atoms with Gasteiger partial charge in [-0.1, -0.05) is 39.7 Å². The number of benzene rings is 1. The largest absolute Gasteiger partial charge is 0.313 e. The van der Waals surface area contributed by atoms with Gasteiger partial charge in [-0.25, -0.2) is 0 Å². The van der Waals surface area contributed by atoms with Crippen LogP contribution in [0.4, 0.5) is 0 Å². The van der Waals surface area contributed by atoms with Gasteiger partial charge in [0.25, 0.3) is 0 Å². The Balaban J connectivity index is 2.20. The van der Waals surface area contributed by atoms with Gasteiger partial charge in [0.2, 0.25) is 0 Å². The molecule has 94 valence electrons. The summed E-state index contributed by atoms with van der Waals surface area (Å²) in [6.07, 6.45) is 4.35. The Kier molecular flexibility index (Phi) is 4.75. The third-order valence-corrected chi connectivity index (χ3v) is 3.73. The molecular weight excluding hydrogens is 312 g/mol. The van der Waals surface area contributed by atoms with Gasteiger partial charge in [-0.3, -0.25) is 4.98 Å². The lowest BCUT2D eigenvalue weighted by atomic mass is 10.00. The number of hydrogen-bond acceptors (Lipinski definition) is 2. The summed E-state index contributed by atoms with van der Waals surface area (Å²) in [4.78, 5) is 4.01. The number of halogens is 2. The van der Waals surface area contributed by atoms with Crippen molar-refractivity contribution in [3.63, 3.8) is 0 Å². The van der Waals surface area contributed by atoms with E-state index in [0.717, 1.165) is 16.5 Å². The fourth-order valence-corrected chi connectivity index (χ4v) is 2.41. The Morgan fingerprint density at radius 1 is 1.28 bits per heavy atom. The number of nitrogens with zero attached hydrogens (tertiary/aromatic N) is 1. The van der Waals surface area contributed by atoms with Crippen molar-refractivity contribution in [2.45, 2.75) is 12.5 Å². The lowest BCUT2D eigenvalue weighted by Gasteiger charge is -2.17. The van der Waals surface area contributed by atoms with Crippen LogP contribution in [0.2, 0.25) is 5.02 Å². The summed E-state index contributed by atoms with van der Waals surface area (Å²) in [6.45, 7) is 0. The zero-order valence-electron chi connectivity index (χ0n) is 10.0. The van der Waals surface area contributed by atoms with Crippen molar-refractivity contribution in [3.05, 3.63) is 63.3 Å². The lowest BCUT2D eigenvalue weighted by molar-refractivity contribution is 0.591. The van der Waals surface area contributed by atoms with Crippen molar-refractivity contribution in [1.82, 2.24) is 10.3 Å². The number of rotatable bonds is 4. The predicted molar refractivity (Wildman–Crippen MR) is 78.9 cm³/mol. The molecule has 1 N–H and O–H groups in total. The van der Waals surface area contributed by atoms with Crippen LogP contribution in [0.25, 0.3) is 0 Å². The Labute approximate surface area is 121 Å². The minimum atomic E-state index is 0.196. The summed E-state index contributed by atoms with van der Waals surface area (Å²) in [5.41, 5.74) is 2.35. The first-order valence-electron chi connectivity index (χ1n) is 5.72. The van der Waals surface area contributed by atoms with E-state index >= 15 is 0 Å². The Morgan fingerprint density at radius 3 is 2.61 bits per heavy atom. The van der Waals surface area contributed by atoms with E-state index in [2.05, 4.69) is 50.5 Å². The van der Waals surface area contributed by atoms with Crippen molar-refractivity contribution < 1.29 is 0 Å². The SMILES string of the molecule is CNC(Cc1ccc(Br)cc1)c1ccncc1Cl. The molecule has 4 heteroatoms. The van der Waals surface area contributed by atoms with E-state index in [1.54, 1.807) is 12.4 Å². The molecule has 1 unspecified atom stereocenters. The Morgan fingerprint density at radius 2 is 2.00 bits per heavy atom. The molecule has 0 saturated heterocycles. The monoisotopic (exact) mass is 324 g/mol. The molecule has 0 bridgehead atoms. The van der Waals surface area contributed by atoms with Gasteiger partial charge < -0.3 is 5.32 Å². The van der Waals surface area contributed by atoms with Crippen molar-refractivity contribution in [2.75, 3.05) is 7.05 Å². The van der Waals surface area contributed by atoms with Gasteiger partial charge in [0.15, 0.2) is 0 Å². The molecule has 0 radical (unpaired) electrons. The third kappa shape index (κ3) is 3.31. The minimum absolute atomic E-state index is 0.196. The molecule has 2 rings (SSSR count). The molecular formula is C14H14BrClN2. The van der Waals surface area contributed by atoms with Gasteiger partial charge >= 0.3 is 0 Å². The summed E-state index contributed by atoms with van der Waals surface area (Å²) in [7, 11) is 1.94. The molecule has 2 aromatic rings.